The predicted molar refractivity (Wildman–Crippen MR) is 52.1 cm³/mol. The fourth-order valence-corrected chi connectivity index (χ4v) is 1.80. The van der Waals surface area contributed by atoms with Crippen molar-refractivity contribution in [2.75, 3.05) is 12.8 Å². The smallest absolute Gasteiger partial charge is 0.295 e. The second kappa shape index (κ2) is 6.30. The molecule has 0 amide bonds. The first-order chi connectivity index (χ1) is 5.57. The molecular weight excluding hydrogens is 171 g/mol. The maximum Gasteiger partial charge on any atom is 0.343 e. The number of carbonyl (C=O) groups is 1. The SMILES string of the molecule is CCCCC(C)C(=O)C[P+](C)=O. The van der Waals surface area contributed by atoms with Crippen molar-refractivity contribution < 1.29 is 9.36 Å². The lowest BCUT2D eigenvalue weighted by molar-refractivity contribution is -0.120. The molecule has 0 spiro atoms. The van der Waals surface area contributed by atoms with E-state index in [4.69, 9.17) is 0 Å². The Kier molecular flexibility index (Phi) is 6.18. The lowest BCUT2D eigenvalue weighted by Gasteiger charge is -2.04. The Morgan fingerprint density at radius 1 is 1.50 bits per heavy atom. The van der Waals surface area contributed by atoms with Gasteiger partial charge < -0.3 is 0 Å². The van der Waals surface area contributed by atoms with Crippen LogP contribution in [0.15, 0.2) is 0 Å². The van der Waals surface area contributed by atoms with Crippen molar-refractivity contribution in [2.24, 2.45) is 5.92 Å². The average molecular weight is 189 g/mol. The lowest BCUT2D eigenvalue weighted by atomic mass is 10.0. The summed E-state index contributed by atoms with van der Waals surface area (Å²) >= 11 is 0. The van der Waals surface area contributed by atoms with E-state index in [0.29, 0.717) is 0 Å². The van der Waals surface area contributed by atoms with Gasteiger partial charge in [0.25, 0.3) is 0 Å². The van der Waals surface area contributed by atoms with Crippen molar-refractivity contribution in [3.05, 3.63) is 0 Å². The number of hydrogen-bond acceptors (Lipinski definition) is 2. The van der Waals surface area contributed by atoms with Crippen LogP contribution < -0.4 is 0 Å². The zero-order valence-electron chi connectivity index (χ0n) is 8.17. The Morgan fingerprint density at radius 3 is 2.50 bits per heavy atom. The van der Waals surface area contributed by atoms with Crippen molar-refractivity contribution in [1.29, 1.82) is 0 Å². The molecule has 0 bridgehead atoms. The van der Waals surface area contributed by atoms with E-state index in [0.717, 1.165) is 19.3 Å². The van der Waals surface area contributed by atoms with Crippen LogP contribution in [0.3, 0.4) is 0 Å². The molecule has 0 radical (unpaired) electrons. The highest BCUT2D eigenvalue weighted by atomic mass is 31.1. The van der Waals surface area contributed by atoms with E-state index < -0.39 is 7.80 Å². The van der Waals surface area contributed by atoms with Gasteiger partial charge in [-0.1, -0.05) is 31.3 Å². The molecule has 0 fully saturated rings. The monoisotopic (exact) mass is 189 g/mol. The van der Waals surface area contributed by atoms with E-state index in [1.165, 1.54) is 0 Å². The molecule has 2 nitrogen and oxygen atoms in total. The number of ketones is 1. The van der Waals surface area contributed by atoms with Gasteiger partial charge in [-0.25, -0.2) is 0 Å². The number of rotatable bonds is 6. The van der Waals surface area contributed by atoms with E-state index in [1.54, 1.807) is 6.66 Å². The van der Waals surface area contributed by atoms with Crippen LogP contribution in [-0.4, -0.2) is 18.6 Å². The van der Waals surface area contributed by atoms with Crippen molar-refractivity contribution in [2.45, 2.75) is 33.1 Å². The predicted octanol–water partition coefficient (Wildman–Crippen LogP) is 2.84. The van der Waals surface area contributed by atoms with E-state index >= 15 is 0 Å². The highest BCUT2D eigenvalue weighted by Crippen LogP contribution is 2.18. The van der Waals surface area contributed by atoms with Crippen molar-refractivity contribution in [3.63, 3.8) is 0 Å². The minimum Gasteiger partial charge on any atom is -0.295 e. The van der Waals surface area contributed by atoms with Gasteiger partial charge in [0, 0.05) is 5.92 Å². The first kappa shape index (κ1) is 11.8. The van der Waals surface area contributed by atoms with Gasteiger partial charge in [0.2, 0.25) is 6.16 Å². The molecule has 0 saturated heterocycles. The molecule has 0 aromatic rings. The molecule has 0 aromatic heterocycles. The molecule has 0 N–H and O–H groups in total. The zero-order chi connectivity index (χ0) is 9.56. The molecule has 12 heavy (non-hydrogen) atoms. The molecule has 0 aliphatic rings. The molecule has 0 aromatic carbocycles. The van der Waals surface area contributed by atoms with Crippen LogP contribution >= 0.6 is 7.80 Å². The summed E-state index contributed by atoms with van der Waals surface area (Å²) in [6, 6.07) is 0. The summed E-state index contributed by atoms with van der Waals surface area (Å²) in [6.45, 7) is 5.65. The second-order valence-corrected chi connectivity index (χ2v) is 4.87. The third-order valence-electron chi connectivity index (χ3n) is 1.92. The summed E-state index contributed by atoms with van der Waals surface area (Å²) in [7, 11) is -1.29. The Morgan fingerprint density at radius 2 is 2.08 bits per heavy atom. The molecule has 0 aliphatic heterocycles. The van der Waals surface area contributed by atoms with Crippen LogP contribution in [0.2, 0.25) is 0 Å². The van der Waals surface area contributed by atoms with Crippen LogP contribution in [0.25, 0.3) is 0 Å². The van der Waals surface area contributed by atoms with Gasteiger partial charge in [0.1, 0.15) is 6.66 Å². The minimum absolute atomic E-state index is 0.101. The third-order valence-corrected chi connectivity index (χ3v) is 2.68. The maximum atomic E-state index is 11.3. The summed E-state index contributed by atoms with van der Waals surface area (Å²) in [5.74, 6) is 0.260. The summed E-state index contributed by atoms with van der Waals surface area (Å²) in [5, 5.41) is 0. The zero-order valence-corrected chi connectivity index (χ0v) is 9.06. The lowest BCUT2D eigenvalue weighted by Crippen LogP contribution is -2.12. The van der Waals surface area contributed by atoms with E-state index in [9.17, 15) is 9.36 Å². The topological polar surface area (TPSA) is 34.1 Å². The third kappa shape index (κ3) is 5.42. The summed E-state index contributed by atoms with van der Waals surface area (Å²) < 4.78 is 10.8. The molecule has 3 heteroatoms. The van der Waals surface area contributed by atoms with Gasteiger partial charge in [-0.05, 0) is 6.42 Å². The second-order valence-electron chi connectivity index (χ2n) is 3.30. The number of Topliss-reactive ketones (excluding diaryl/α,β-unsaturated/α-hetero) is 1. The Hall–Kier alpha value is -0.230. The van der Waals surface area contributed by atoms with Crippen LogP contribution in [0, 0.1) is 5.92 Å². The minimum atomic E-state index is -1.29. The quantitative estimate of drug-likeness (QED) is 0.602. The van der Waals surface area contributed by atoms with Crippen LogP contribution in [-0.2, 0) is 9.36 Å². The fourth-order valence-electron chi connectivity index (χ4n) is 1.05. The van der Waals surface area contributed by atoms with Crippen molar-refractivity contribution in [1.82, 2.24) is 0 Å². The van der Waals surface area contributed by atoms with Gasteiger partial charge in [-0.2, -0.15) is 0 Å². The highest BCUT2D eigenvalue weighted by molar-refractivity contribution is 7.44. The van der Waals surface area contributed by atoms with Crippen LogP contribution in [0.1, 0.15) is 33.1 Å². The Balaban J connectivity index is 3.69. The average Bonchev–Trinajstić information content (AvgIpc) is 1.98. The number of unbranched alkanes of at least 4 members (excludes halogenated alkanes) is 1. The molecular formula is C9H18O2P+. The van der Waals surface area contributed by atoms with E-state index in [1.807, 2.05) is 6.92 Å². The van der Waals surface area contributed by atoms with Crippen molar-refractivity contribution >= 4 is 13.6 Å². The Bertz CT molecular complexity index is 166. The summed E-state index contributed by atoms with van der Waals surface area (Å²) in [4.78, 5) is 11.3. The number of hydrogen-bond donors (Lipinski definition) is 0. The molecule has 0 rings (SSSR count). The molecule has 0 heterocycles. The fraction of sp³-hybridized carbons (Fsp3) is 0.889. The first-order valence-electron chi connectivity index (χ1n) is 4.49. The number of carbonyl (C=O) groups excluding carboxylic acids is 1. The summed E-state index contributed by atoms with van der Waals surface area (Å²) in [6.07, 6.45) is 3.42. The van der Waals surface area contributed by atoms with Gasteiger partial charge in [-0.15, -0.1) is 0 Å². The molecule has 2 atom stereocenters. The molecule has 70 valence electrons. The van der Waals surface area contributed by atoms with Gasteiger partial charge in [0.15, 0.2) is 5.78 Å². The molecule has 2 unspecified atom stereocenters. The van der Waals surface area contributed by atoms with Gasteiger partial charge >= 0.3 is 7.80 Å². The van der Waals surface area contributed by atoms with Crippen LogP contribution in [0.4, 0.5) is 0 Å². The Labute approximate surface area is 75.5 Å². The summed E-state index contributed by atoms with van der Waals surface area (Å²) in [5.41, 5.74) is 0. The maximum absolute atomic E-state index is 11.3. The van der Waals surface area contributed by atoms with Crippen molar-refractivity contribution in [3.8, 4) is 0 Å². The van der Waals surface area contributed by atoms with Gasteiger partial charge in [-0.3, -0.25) is 4.79 Å². The van der Waals surface area contributed by atoms with E-state index in [2.05, 4.69) is 6.92 Å². The highest BCUT2D eigenvalue weighted by Gasteiger charge is 2.19. The van der Waals surface area contributed by atoms with Crippen LogP contribution in [0.5, 0.6) is 0 Å². The van der Waals surface area contributed by atoms with Gasteiger partial charge in [0.05, 0.1) is 0 Å². The largest absolute Gasteiger partial charge is 0.343 e. The standard InChI is InChI=1S/C9H18O2P/c1-4-5-6-8(2)9(10)7-12(3)11/h8H,4-7H2,1-3H3/q+1. The first-order valence-corrected chi connectivity index (χ1v) is 6.38. The normalized spacial score (nSPS) is 14.1. The van der Waals surface area contributed by atoms with E-state index in [-0.39, 0.29) is 17.9 Å². The molecule has 0 saturated carbocycles. The molecule has 0 aliphatic carbocycles.